The second-order valence-electron chi connectivity index (χ2n) is 9.95. The van der Waals surface area contributed by atoms with E-state index in [9.17, 15) is 4.79 Å². The van der Waals surface area contributed by atoms with Crippen molar-refractivity contribution in [2.75, 3.05) is 26.2 Å². The zero-order valence-electron chi connectivity index (χ0n) is 21.1. The summed E-state index contributed by atoms with van der Waals surface area (Å²) in [4.78, 5) is 19.7. The van der Waals surface area contributed by atoms with Gasteiger partial charge in [0.25, 0.3) is 5.91 Å². The molecule has 34 heavy (non-hydrogen) atoms. The molecule has 1 aromatic carbocycles. The Morgan fingerprint density at radius 3 is 2.29 bits per heavy atom. The number of aliphatic imine (C=N–C) groups is 1. The van der Waals surface area contributed by atoms with Gasteiger partial charge in [-0.15, -0.1) is 0 Å². The number of carbonyl (C=O) groups excluding carboxylic acids is 1. The maximum Gasteiger partial charge on any atom is 0.261 e. The van der Waals surface area contributed by atoms with Gasteiger partial charge in [0.05, 0.1) is 5.70 Å². The number of nitrogens with one attached hydrogen (secondary N) is 3. The summed E-state index contributed by atoms with van der Waals surface area (Å²) in [6, 6.07) is 12.3. The van der Waals surface area contributed by atoms with E-state index in [2.05, 4.69) is 52.1 Å². The Morgan fingerprint density at radius 2 is 1.76 bits per heavy atom. The van der Waals surface area contributed by atoms with Crippen molar-refractivity contribution in [3.63, 3.8) is 0 Å². The van der Waals surface area contributed by atoms with Crippen molar-refractivity contribution < 1.29 is 4.79 Å². The van der Waals surface area contributed by atoms with Gasteiger partial charge in [0, 0.05) is 38.4 Å². The van der Waals surface area contributed by atoms with E-state index in [4.69, 9.17) is 0 Å². The van der Waals surface area contributed by atoms with E-state index in [-0.39, 0.29) is 5.91 Å². The number of likely N-dealkylation sites (tertiary alicyclic amines) is 1. The molecule has 2 saturated heterocycles. The minimum Gasteiger partial charge on any atom is -0.370 e. The number of nitrogens with zero attached hydrogens (tertiary/aromatic N) is 3. The molecule has 7 nitrogen and oxygen atoms in total. The van der Waals surface area contributed by atoms with E-state index < -0.39 is 6.17 Å². The Balaban J connectivity index is 0.000000296. The number of carbonyl (C=O) groups is 1. The van der Waals surface area contributed by atoms with Gasteiger partial charge in [-0.1, -0.05) is 57.2 Å². The van der Waals surface area contributed by atoms with Gasteiger partial charge < -0.3 is 15.5 Å². The summed E-state index contributed by atoms with van der Waals surface area (Å²) in [5, 5.41) is 8.42. The van der Waals surface area contributed by atoms with Gasteiger partial charge in [0.1, 0.15) is 5.84 Å². The smallest absolute Gasteiger partial charge is 0.261 e. The summed E-state index contributed by atoms with van der Waals surface area (Å²) in [7, 11) is 0. The van der Waals surface area contributed by atoms with Crippen LogP contribution in [0.4, 0.5) is 0 Å². The first-order valence-corrected chi connectivity index (χ1v) is 12.8. The lowest BCUT2D eigenvalue weighted by Gasteiger charge is -2.54. The number of allylic oxidation sites excluding steroid dienone is 1. The summed E-state index contributed by atoms with van der Waals surface area (Å²) in [5.74, 6) is 1.58. The lowest BCUT2D eigenvalue weighted by molar-refractivity contribution is -0.126. The van der Waals surface area contributed by atoms with Gasteiger partial charge in [0.15, 0.2) is 6.17 Å². The van der Waals surface area contributed by atoms with E-state index in [0.29, 0.717) is 11.5 Å². The number of hydrazine groups is 1. The number of amides is 1. The Labute approximate surface area is 204 Å². The molecule has 2 unspecified atom stereocenters. The number of benzene rings is 1. The molecule has 1 spiro atoms. The normalized spacial score (nSPS) is 26.4. The second kappa shape index (κ2) is 10.7. The molecule has 0 radical (unpaired) electrons. The molecule has 5 aliphatic rings. The topological polar surface area (TPSA) is 72.0 Å². The van der Waals surface area contributed by atoms with E-state index >= 15 is 0 Å². The predicted molar refractivity (Wildman–Crippen MR) is 138 cm³/mol. The molecule has 184 valence electrons. The first kappa shape index (κ1) is 24.5. The van der Waals surface area contributed by atoms with E-state index in [1.54, 1.807) is 0 Å². The van der Waals surface area contributed by atoms with Crippen LogP contribution in [0, 0.1) is 11.3 Å². The Morgan fingerprint density at radius 1 is 1.12 bits per heavy atom. The van der Waals surface area contributed by atoms with Crippen LogP contribution >= 0.6 is 0 Å². The lowest BCUT2D eigenvalue weighted by atomic mass is 9.61. The largest absolute Gasteiger partial charge is 0.370 e. The third kappa shape index (κ3) is 5.36. The van der Waals surface area contributed by atoms with Crippen molar-refractivity contribution in [1.29, 1.82) is 0 Å². The Hall–Kier alpha value is -2.64. The molecule has 0 aromatic heterocycles. The fourth-order valence-corrected chi connectivity index (χ4v) is 5.23. The van der Waals surface area contributed by atoms with Gasteiger partial charge in [-0.25, -0.2) is 4.99 Å². The maximum absolute atomic E-state index is 12.6. The molecule has 6 rings (SSSR count). The van der Waals surface area contributed by atoms with Crippen LogP contribution in [-0.2, 0) is 4.79 Å². The number of amidine groups is 1. The van der Waals surface area contributed by atoms with Crippen molar-refractivity contribution in [2.45, 2.75) is 59.2 Å². The summed E-state index contributed by atoms with van der Waals surface area (Å²) >= 11 is 0. The summed E-state index contributed by atoms with van der Waals surface area (Å²) in [5.41, 5.74) is 6.03. The van der Waals surface area contributed by atoms with Gasteiger partial charge in [-0.3, -0.25) is 9.80 Å². The Bertz CT molecular complexity index is 901. The average molecular weight is 465 g/mol. The van der Waals surface area contributed by atoms with E-state index in [1.165, 1.54) is 12.1 Å². The third-order valence-electron chi connectivity index (χ3n) is 7.13. The highest BCUT2D eigenvalue weighted by molar-refractivity contribution is 6.03. The van der Waals surface area contributed by atoms with Gasteiger partial charge in [0.2, 0.25) is 0 Å². The third-order valence-corrected chi connectivity index (χ3v) is 7.13. The van der Waals surface area contributed by atoms with Gasteiger partial charge in [-0.2, -0.15) is 5.43 Å². The molecule has 1 aromatic rings. The minimum absolute atomic E-state index is 0.0171. The van der Waals surface area contributed by atoms with E-state index in [1.807, 2.05) is 55.3 Å². The van der Waals surface area contributed by atoms with Crippen molar-refractivity contribution in [1.82, 2.24) is 26.0 Å². The van der Waals surface area contributed by atoms with Crippen molar-refractivity contribution >= 4 is 11.7 Å². The van der Waals surface area contributed by atoms with Crippen LogP contribution in [-0.4, -0.2) is 60.0 Å². The highest BCUT2D eigenvalue weighted by atomic mass is 16.2. The Kier molecular flexibility index (Phi) is 7.73. The van der Waals surface area contributed by atoms with Crippen molar-refractivity contribution in [3.05, 3.63) is 59.9 Å². The summed E-state index contributed by atoms with van der Waals surface area (Å²) in [6.07, 6.45) is 7.16. The number of rotatable bonds is 3. The SMILES string of the molecule is CC.CC1=CC(N2CCC(C)C2)=CN2NC(C(=O)NC3CC4(CNC4)C3)N=C12.c1ccccc1. The molecule has 7 heteroatoms. The number of fused-ring (bicyclic) bond motifs is 1. The standard InChI is InChI=1S/C19H28N6O.C6H6.C2H6/c1-12-3-4-24(8-12)15-5-13(2)17-22-16(23-25(17)9-15)18(26)21-14-6-19(7-14)10-20-11-19;1-2-4-6-5-3-1;1-2/h5,9,12,14,16,20,23H,3-4,6-8,10-11H2,1-2H3,(H,21,26);1-6H;1-2H3. The summed E-state index contributed by atoms with van der Waals surface area (Å²) in [6.45, 7) is 12.8. The van der Waals surface area contributed by atoms with Crippen LogP contribution < -0.4 is 16.1 Å². The van der Waals surface area contributed by atoms with Crippen LogP contribution in [0.15, 0.2) is 64.9 Å². The quantitative estimate of drug-likeness (QED) is 0.641. The van der Waals surface area contributed by atoms with Crippen LogP contribution in [0.25, 0.3) is 0 Å². The van der Waals surface area contributed by atoms with Crippen LogP contribution in [0.5, 0.6) is 0 Å². The molecule has 1 amide bonds. The monoisotopic (exact) mass is 464 g/mol. The van der Waals surface area contributed by atoms with Crippen LogP contribution in [0.3, 0.4) is 0 Å². The predicted octanol–water partition coefficient (Wildman–Crippen LogP) is 3.26. The molecule has 3 fully saturated rings. The first-order chi connectivity index (χ1) is 16.5. The molecule has 4 heterocycles. The first-order valence-electron chi connectivity index (χ1n) is 12.8. The molecule has 0 bridgehead atoms. The zero-order valence-corrected chi connectivity index (χ0v) is 21.1. The molecule has 1 aliphatic carbocycles. The molecule has 1 saturated carbocycles. The van der Waals surface area contributed by atoms with Gasteiger partial charge >= 0.3 is 0 Å². The van der Waals surface area contributed by atoms with Crippen molar-refractivity contribution in [3.8, 4) is 0 Å². The average Bonchev–Trinajstić information content (AvgIpc) is 3.44. The maximum atomic E-state index is 12.6. The van der Waals surface area contributed by atoms with Crippen LogP contribution in [0.1, 0.15) is 47.0 Å². The van der Waals surface area contributed by atoms with Crippen molar-refractivity contribution in [2.24, 2.45) is 16.3 Å². The van der Waals surface area contributed by atoms with E-state index in [0.717, 1.165) is 56.3 Å². The molecular formula is C27H40N6O. The summed E-state index contributed by atoms with van der Waals surface area (Å²) < 4.78 is 0. The minimum atomic E-state index is -0.530. The molecule has 2 atom stereocenters. The van der Waals surface area contributed by atoms with Gasteiger partial charge in [-0.05, 0) is 49.2 Å². The fourth-order valence-electron chi connectivity index (χ4n) is 5.23. The molecule has 3 N–H and O–H groups in total. The lowest BCUT2D eigenvalue weighted by Crippen LogP contribution is -2.66. The number of hydrogen-bond acceptors (Lipinski definition) is 6. The highest BCUT2D eigenvalue weighted by Crippen LogP contribution is 2.44. The molecular weight excluding hydrogens is 424 g/mol. The van der Waals surface area contributed by atoms with Crippen LogP contribution in [0.2, 0.25) is 0 Å². The highest BCUT2D eigenvalue weighted by Gasteiger charge is 2.49. The zero-order chi connectivity index (χ0) is 24.1. The molecule has 4 aliphatic heterocycles. The second-order valence-corrected chi connectivity index (χ2v) is 9.95. The number of hydrogen-bond donors (Lipinski definition) is 3. The fraction of sp³-hybridized carbons (Fsp3) is 0.556.